The predicted molar refractivity (Wildman–Crippen MR) is 115 cm³/mol. The molecule has 3 rings (SSSR count). The summed E-state index contributed by atoms with van der Waals surface area (Å²) in [5.41, 5.74) is 1.03. The standard InChI is InChI=1S/C21H24ClN3O4S/c22-17-7-9-20(10-8-17)30(28,29)24-18-12-19(5-1-2-6-21(26)27)25(15-18)14-16-4-3-11-23-13-16/h1,3-5,7-11,13,18-19,24H,2,6,12,14-15H2,(H,26,27)/b5-1-/t18-,19-/m1/s1. The Morgan fingerprint density at radius 3 is 2.73 bits per heavy atom. The zero-order chi connectivity index (χ0) is 21.6. The molecule has 0 saturated carbocycles. The quantitative estimate of drug-likeness (QED) is 0.571. The Kier molecular flexibility index (Phi) is 7.60. The number of carboxylic acids is 1. The van der Waals surface area contributed by atoms with Gasteiger partial charge in [-0.05, 0) is 48.7 Å². The van der Waals surface area contributed by atoms with Gasteiger partial charge in [0.05, 0.1) is 4.90 Å². The third kappa shape index (κ3) is 6.37. The molecule has 2 atom stereocenters. The van der Waals surface area contributed by atoms with Crippen LogP contribution in [0.2, 0.25) is 5.02 Å². The van der Waals surface area contributed by atoms with Crippen LogP contribution in [-0.4, -0.2) is 48.0 Å². The van der Waals surface area contributed by atoms with Crippen molar-refractivity contribution >= 4 is 27.6 Å². The van der Waals surface area contributed by atoms with E-state index in [0.717, 1.165) is 5.56 Å². The van der Waals surface area contributed by atoms with Crippen LogP contribution in [0.4, 0.5) is 0 Å². The van der Waals surface area contributed by atoms with E-state index < -0.39 is 16.0 Å². The van der Waals surface area contributed by atoms with Crippen molar-refractivity contribution in [2.75, 3.05) is 6.54 Å². The predicted octanol–water partition coefficient (Wildman–Crippen LogP) is 3.08. The number of likely N-dealkylation sites (tertiary alicyclic amines) is 1. The number of nitrogens with zero attached hydrogens (tertiary/aromatic N) is 2. The summed E-state index contributed by atoms with van der Waals surface area (Å²) >= 11 is 5.86. The summed E-state index contributed by atoms with van der Waals surface area (Å²) in [6, 6.07) is 9.63. The van der Waals surface area contributed by atoms with E-state index in [9.17, 15) is 13.2 Å². The average molecular weight is 450 g/mol. The van der Waals surface area contributed by atoms with Gasteiger partial charge in [0, 0.05) is 49.0 Å². The fourth-order valence-corrected chi connectivity index (χ4v) is 4.85. The van der Waals surface area contributed by atoms with Crippen LogP contribution >= 0.6 is 11.6 Å². The van der Waals surface area contributed by atoms with Crippen LogP contribution in [-0.2, 0) is 21.4 Å². The fourth-order valence-electron chi connectivity index (χ4n) is 3.49. The number of carboxylic acid groups (broad SMARTS) is 1. The van der Waals surface area contributed by atoms with E-state index in [1.54, 1.807) is 24.5 Å². The Morgan fingerprint density at radius 2 is 2.07 bits per heavy atom. The highest BCUT2D eigenvalue weighted by Crippen LogP contribution is 2.24. The van der Waals surface area contributed by atoms with E-state index in [2.05, 4.69) is 14.6 Å². The number of hydrogen-bond acceptors (Lipinski definition) is 5. The van der Waals surface area contributed by atoms with Crippen molar-refractivity contribution in [3.05, 3.63) is 71.5 Å². The lowest BCUT2D eigenvalue weighted by atomic mass is 10.1. The summed E-state index contributed by atoms with van der Waals surface area (Å²) in [7, 11) is -3.67. The zero-order valence-corrected chi connectivity index (χ0v) is 17.9. The van der Waals surface area contributed by atoms with Crippen molar-refractivity contribution < 1.29 is 18.3 Å². The molecule has 1 fully saturated rings. The normalized spacial score (nSPS) is 20.0. The maximum Gasteiger partial charge on any atom is 0.303 e. The third-order valence-electron chi connectivity index (χ3n) is 4.89. The molecule has 0 aliphatic carbocycles. The minimum atomic E-state index is -3.67. The number of aliphatic carboxylic acids is 1. The van der Waals surface area contributed by atoms with Crippen molar-refractivity contribution in [1.82, 2.24) is 14.6 Å². The van der Waals surface area contributed by atoms with Gasteiger partial charge in [-0.15, -0.1) is 0 Å². The minimum absolute atomic E-state index is 0.00285. The van der Waals surface area contributed by atoms with Crippen LogP contribution in [0.1, 0.15) is 24.8 Å². The first kappa shape index (κ1) is 22.4. The fraction of sp³-hybridized carbons (Fsp3) is 0.333. The number of halogens is 1. The third-order valence-corrected chi connectivity index (χ3v) is 6.68. The Bertz CT molecular complexity index is 981. The molecule has 0 radical (unpaired) electrons. The average Bonchev–Trinajstić information content (AvgIpc) is 3.06. The van der Waals surface area contributed by atoms with Gasteiger partial charge in [-0.25, -0.2) is 13.1 Å². The molecule has 1 aliphatic heterocycles. The summed E-state index contributed by atoms with van der Waals surface area (Å²) in [6.07, 6.45) is 8.42. The summed E-state index contributed by atoms with van der Waals surface area (Å²) in [5.74, 6) is -0.841. The maximum absolute atomic E-state index is 12.7. The van der Waals surface area contributed by atoms with Crippen LogP contribution in [0, 0.1) is 0 Å². The van der Waals surface area contributed by atoms with Gasteiger partial charge >= 0.3 is 5.97 Å². The molecule has 1 saturated heterocycles. The van der Waals surface area contributed by atoms with Crippen molar-refractivity contribution in [2.24, 2.45) is 0 Å². The smallest absolute Gasteiger partial charge is 0.303 e. The van der Waals surface area contributed by atoms with E-state index in [1.165, 1.54) is 12.1 Å². The van der Waals surface area contributed by atoms with Gasteiger partial charge in [0.1, 0.15) is 0 Å². The number of carbonyl (C=O) groups is 1. The monoisotopic (exact) mass is 449 g/mol. The van der Waals surface area contributed by atoms with Crippen molar-refractivity contribution in [3.8, 4) is 0 Å². The lowest BCUT2D eigenvalue weighted by Gasteiger charge is -2.21. The molecule has 0 amide bonds. The minimum Gasteiger partial charge on any atom is -0.481 e. The van der Waals surface area contributed by atoms with Crippen LogP contribution in [0.3, 0.4) is 0 Å². The molecule has 1 aromatic carbocycles. The Balaban J connectivity index is 1.71. The number of benzene rings is 1. The van der Waals surface area contributed by atoms with Gasteiger partial charge in [0.15, 0.2) is 0 Å². The molecule has 9 heteroatoms. The largest absolute Gasteiger partial charge is 0.481 e. The lowest BCUT2D eigenvalue weighted by Crippen LogP contribution is -2.37. The molecule has 2 heterocycles. The van der Waals surface area contributed by atoms with Crippen LogP contribution < -0.4 is 4.72 Å². The second-order valence-electron chi connectivity index (χ2n) is 7.23. The second-order valence-corrected chi connectivity index (χ2v) is 9.38. The highest BCUT2D eigenvalue weighted by Gasteiger charge is 2.33. The molecule has 30 heavy (non-hydrogen) atoms. The molecule has 0 spiro atoms. The van der Waals surface area contributed by atoms with Crippen molar-refractivity contribution in [3.63, 3.8) is 0 Å². The molecule has 1 aromatic heterocycles. The van der Waals surface area contributed by atoms with Gasteiger partial charge in [0.25, 0.3) is 0 Å². The van der Waals surface area contributed by atoms with Crippen molar-refractivity contribution in [1.29, 1.82) is 0 Å². The summed E-state index contributed by atoms with van der Waals surface area (Å²) in [5, 5.41) is 9.29. The highest BCUT2D eigenvalue weighted by molar-refractivity contribution is 7.89. The van der Waals surface area contributed by atoms with Gasteiger partial charge in [-0.3, -0.25) is 14.7 Å². The maximum atomic E-state index is 12.7. The van der Waals surface area contributed by atoms with E-state index in [1.807, 2.05) is 24.3 Å². The van der Waals surface area contributed by atoms with E-state index in [-0.39, 0.29) is 23.4 Å². The molecule has 0 unspecified atom stereocenters. The van der Waals surface area contributed by atoms with E-state index in [4.69, 9.17) is 16.7 Å². The molecular weight excluding hydrogens is 426 g/mol. The molecular formula is C21H24ClN3O4S. The number of aromatic nitrogens is 1. The van der Waals surface area contributed by atoms with Crippen molar-refractivity contribution in [2.45, 2.75) is 42.8 Å². The Labute approximate surface area is 181 Å². The van der Waals surface area contributed by atoms with Crippen LogP contribution in [0.25, 0.3) is 0 Å². The highest BCUT2D eigenvalue weighted by atomic mass is 35.5. The van der Waals surface area contributed by atoms with E-state index in [0.29, 0.717) is 31.0 Å². The summed E-state index contributed by atoms with van der Waals surface area (Å²) < 4.78 is 28.3. The van der Waals surface area contributed by atoms with Gasteiger partial charge in [-0.2, -0.15) is 0 Å². The number of nitrogens with one attached hydrogen (secondary N) is 1. The first-order valence-electron chi connectivity index (χ1n) is 9.63. The molecule has 7 nitrogen and oxygen atoms in total. The van der Waals surface area contributed by atoms with Crippen LogP contribution in [0.5, 0.6) is 0 Å². The number of allylic oxidation sites excluding steroid dienone is 1. The summed E-state index contributed by atoms with van der Waals surface area (Å²) in [4.78, 5) is 17.2. The molecule has 0 bridgehead atoms. The number of sulfonamides is 1. The number of rotatable bonds is 9. The van der Waals surface area contributed by atoms with Crippen LogP contribution in [0.15, 0.2) is 65.8 Å². The topological polar surface area (TPSA) is 99.6 Å². The molecule has 160 valence electrons. The summed E-state index contributed by atoms with van der Waals surface area (Å²) in [6.45, 7) is 1.16. The van der Waals surface area contributed by atoms with Gasteiger partial charge < -0.3 is 5.11 Å². The number of pyridine rings is 1. The first-order valence-corrected chi connectivity index (χ1v) is 11.5. The molecule has 1 aliphatic rings. The Morgan fingerprint density at radius 1 is 1.30 bits per heavy atom. The lowest BCUT2D eigenvalue weighted by molar-refractivity contribution is -0.136. The zero-order valence-electron chi connectivity index (χ0n) is 16.3. The number of hydrogen-bond donors (Lipinski definition) is 2. The SMILES string of the molecule is O=C(O)CC/C=C\[C@@H]1C[C@@H](NS(=O)(=O)c2ccc(Cl)cc2)CN1Cc1cccnc1. The molecule has 2 aromatic rings. The first-order chi connectivity index (χ1) is 14.3. The second kappa shape index (κ2) is 10.2. The molecule has 2 N–H and O–H groups in total. The van der Waals surface area contributed by atoms with Gasteiger partial charge in [-0.1, -0.05) is 29.8 Å². The Hall–Kier alpha value is -2.26. The van der Waals surface area contributed by atoms with Gasteiger partial charge in [0.2, 0.25) is 10.0 Å². The van der Waals surface area contributed by atoms with E-state index >= 15 is 0 Å².